The second-order valence-corrected chi connectivity index (χ2v) is 6.19. The monoisotopic (exact) mass is 371 g/mol. The molecule has 0 bridgehead atoms. The average molecular weight is 371 g/mol. The first-order valence-electron chi connectivity index (χ1n) is 8.39. The molecule has 9 heteroatoms. The molecule has 1 unspecified atom stereocenters. The van der Waals surface area contributed by atoms with E-state index in [1.165, 1.54) is 29.6 Å². The number of aryl methyl sites for hydroxylation is 1. The van der Waals surface area contributed by atoms with Crippen molar-refractivity contribution in [2.75, 3.05) is 13.7 Å². The van der Waals surface area contributed by atoms with Gasteiger partial charge in [0.1, 0.15) is 6.54 Å². The van der Waals surface area contributed by atoms with Crippen molar-refractivity contribution in [2.45, 2.75) is 12.6 Å². The lowest BCUT2D eigenvalue weighted by Crippen LogP contribution is -2.38. The summed E-state index contributed by atoms with van der Waals surface area (Å²) in [4.78, 5) is 40.8. The SMILES string of the molecule is COC(CNC(=O)Cn1cnc2c1c(=O)n(C)c(=O)n2C)c1ccccc1. The molecule has 0 saturated heterocycles. The maximum atomic E-state index is 12.4. The quantitative estimate of drug-likeness (QED) is 0.654. The van der Waals surface area contributed by atoms with Crippen LogP contribution in [0.25, 0.3) is 11.2 Å². The molecule has 3 aromatic rings. The van der Waals surface area contributed by atoms with Crippen LogP contribution in [0.4, 0.5) is 0 Å². The van der Waals surface area contributed by atoms with Gasteiger partial charge in [0.25, 0.3) is 5.56 Å². The minimum absolute atomic E-state index is 0.0881. The molecule has 0 radical (unpaired) electrons. The van der Waals surface area contributed by atoms with Crippen LogP contribution in [0, 0.1) is 0 Å². The topological polar surface area (TPSA) is 100 Å². The minimum Gasteiger partial charge on any atom is -0.375 e. The van der Waals surface area contributed by atoms with Gasteiger partial charge in [-0.1, -0.05) is 30.3 Å². The standard InChI is InChI=1S/C18H21N5O4/c1-21-16-15(17(25)22(2)18(21)26)23(11-20-16)10-14(24)19-9-13(27-3)12-7-5-4-6-8-12/h4-8,11,13H,9-10H2,1-3H3,(H,19,24). The van der Waals surface area contributed by atoms with Gasteiger partial charge >= 0.3 is 5.69 Å². The van der Waals surface area contributed by atoms with E-state index < -0.39 is 11.2 Å². The van der Waals surface area contributed by atoms with E-state index in [1.807, 2.05) is 30.3 Å². The van der Waals surface area contributed by atoms with Crippen LogP contribution in [0.2, 0.25) is 0 Å². The summed E-state index contributed by atoms with van der Waals surface area (Å²) < 4.78 is 9.15. The van der Waals surface area contributed by atoms with Gasteiger partial charge in [0.2, 0.25) is 5.91 Å². The molecular weight excluding hydrogens is 350 g/mol. The Morgan fingerprint density at radius 1 is 1.19 bits per heavy atom. The highest BCUT2D eigenvalue weighted by atomic mass is 16.5. The van der Waals surface area contributed by atoms with Gasteiger partial charge in [0, 0.05) is 27.7 Å². The first-order chi connectivity index (χ1) is 12.9. The van der Waals surface area contributed by atoms with Gasteiger partial charge in [-0.3, -0.25) is 18.7 Å². The van der Waals surface area contributed by atoms with Crippen molar-refractivity contribution < 1.29 is 9.53 Å². The van der Waals surface area contributed by atoms with E-state index in [0.29, 0.717) is 6.54 Å². The predicted molar refractivity (Wildman–Crippen MR) is 99.4 cm³/mol. The molecule has 0 aliphatic carbocycles. The Balaban J connectivity index is 1.77. The van der Waals surface area contributed by atoms with Crippen LogP contribution in [-0.4, -0.2) is 38.2 Å². The molecule has 3 rings (SSSR count). The van der Waals surface area contributed by atoms with E-state index in [-0.39, 0.29) is 29.7 Å². The van der Waals surface area contributed by atoms with Crippen LogP contribution < -0.4 is 16.6 Å². The largest absolute Gasteiger partial charge is 0.375 e. The van der Waals surface area contributed by atoms with Crippen molar-refractivity contribution in [3.63, 3.8) is 0 Å². The fourth-order valence-electron chi connectivity index (χ4n) is 2.94. The fraction of sp³-hybridized carbons (Fsp3) is 0.333. The number of nitrogens with zero attached hydrogens (tertiary/aromatic N) is 4. The fourth-order valence-corrected chi connectivity index (χ4v) is 2.94. The molecule has 27 heavy (non-hydrogen) atoms. The Labute approximate surface area is 154 Å². The molecule has 9 nitrogen and oxygen atoms in total. The molecular formula is C18H21N5O4. The summed E-state index contributed by atoms with van der Waals surface area (Å²) in [6.07, 6.45) is 1.11. The molecule has 142 valence electrons. The van der Waals surface area contributed by atoms with Gasteiger partial charge in [-0.25, -0.2) is 9.78 Å². The number of aromatic nitrogens is 4. The molecule has 0 saturated carbocycles. The predicted octanol–water partition coefficient (Wildman–Crippen LogP) is -0.0624. The number of ether oxygens (including phenoxy) is 1. The Morgan fingerprint density at radius 3 is 2.56 bits per heavy atom. The summed E-state index contributed by atoms with van der Waals surface area (Å²) in [5.41, 5.74) is 0.457. The smallest absolute Gasteiger partial charge is 0.332 e. The maximum Gasteiger partial charge on any atom is 0.332 e. The highest BCUT2D eigenvalue weighted by Gasteiger charge is 2.17. The Hall–Kier alpha value is -3.20. The van der Waals surface area contributed by atoms with E-state index in [0.717, 1.165) is 10.1 Å². The first kappa shape index (κ1) is 18.6. The van der Waals surface area contributed by atoms with Crippen LogP contribution in [-0.2, 0) is 30.2 Å². The second kappa shape index (κ2) is 7.58. The molecule has 1 aromatic carbocycles. The molecule has 1 N–H and O–H groups in total. The highest BCUT2D eigenvalue weighted by molar-refractivity contribution is 5.78. The number of fused-ring (bicyclic) bond motifs is 1. The Bertz CT molecular complexity index is 1080. The average Bonchev–Trinajstić information content (AvgIpc) is 3.09. The van der Waals surface area contributed by atoms with Gasteiger partial charge < -0.3 is 14.6 Å². The lowest BCUT2D eigenvalue weighted by molar-refractivity contribution is -0.122. The van der Waals surface area contributed by atoms with E-state index >= 15 is 0 Å². The molecule has 1 atom stereocenters. The van der Waals surface area contributed by atoms with Gasteiger partial charge in [0.15, 0.2) is 11.2 Å². The number of carbonyl (C=O) groups is 1. The van der Waals surface area contributed by atoms with Crippen molar-refractivity contribution in [1.82, 2.24) is 24.0 Å². The number of methoxy groups -OCH3 is 1. The van der Waals surface area contributed by atoms with Gasteiger partial charge in [-0.05, 0) is 5.56 Å². The number of hydrogen-bond donors (Lipinski definition) is 1. The van der Waals surface area contributed by atoms with Crippen LogP contribution in [0.15, 0.2) is 46.2 Å². The zero-order chi connectivity index (χ0) is 19.6. The molecule has 1 amide bonds. The summed E-state index contributed by atoms with van der Waals surface area (Å²) in [6.45, 7) is 0.206. The normalized spacial score (nSPS) is 12.3. The summed E-state index contributed by atoms with van der Waals surface area (Å²) in [5, 5.41) is 2.81. The molecule has 0 fully saturated rings. The first-order valence-corrected chi connectivity index (χ1v) is 8.39. The summed E-state index contributed by atoms with van der Waals surface area (Å²) in [7, 11) is 4.51. The van der Waals surface area contributed by atoms with E-state index in [2.05, 4.69) is 10.3 Å². The van der Waals surface area contributed by atoms with Crippen molar-refractivity contribution in [1.29, 1.82) is 0 Å². The second-order valence-electron chi connectivity index (χ2n) is 6.19. The molecule has 2 aromatic heterocycles. The minimum atomic E-state index is -0.488. The van der Waals surface area contributed by atoms with Crippen LogP contribution in [0.3, 0.4) is 0 Å². The number of benzene rings is 1. The number of nitrogens with one attached hydrogen (secondary N) is 1. The van der Waals surface area contributed by atoms with Crippen molar-refractivity contribution >= 4 is 17.1 Å². The van der Waals surface area contributed by atoms with E-state index in [4.69, 9.17) is 4.74 Å². The van der Waals surface area contributed by atoms with Crippen LogP contribution in [0.1, 0.15) is 11.7 Å². The third-order valence-electron chi connectivity index (χ3n) is 4.47. The van der Waals surface area contributed by atoms with Gasteiger partial charge in [-0.2, -0.15) is 0 Å². The zero-order valence-electron chi connectivity index (χ0n) is 15.4. The Kier molecular flexibility index (Phi) is 5.22. The van der Waals surface area contributed by atoms with Crippen molar-refractivity contribution in [3.8, 4) is 0 Å². The number of rotatable bonds is 6. The highest BCUT2D eigenvalue weighted by Crippen LogP contribution is 2.14. The zero-order valence-corrected chi connectivity index (χ0v) is 15.4. The van der Waals surface area contributed by atoms with Gasteiger partial charge in [-0.15, -0.1) is 0 Å². The molecule has 0 aliphatic heterocycles. The van der Waals surface area contributed by atoms with Gasteiger partial charge in [0.05, 0.1) is 12.4 Å². The lowest BCUT2D eigenvalue weighted by Gasteiger charge is -2.16. The maximum absolute atomic E-state index is 12.4. The third-order valence-corrected chi connectivity index (χ3v) is 4.47. The third kappa shape index (κ3) is 3.54. The molecule has 2 heterocycles. The number of amides is 1. The number of imidazole rings is 1. The summed E-state index contributed by atoms with van der Waals surface area (Å²) in [6, 6.07) is 9.57. The van der Waals surface area contributed by atoms with Crippen LogP contribution >= 0.6 is 0 Å². The van der Waals surface area contributed by atoms with Crippen LogP contribution in [0.5, 0.6) is 0 Å². The van der Waals surface area contributed by atoms with Crippen molar-refractivity contribution in [2.24, 2.45) is 14.1 Å². The Morgan fingerprint density at radius 2 is 1.89 bits per heavy atom. The summed E-state index contributed by atoms with van der Waals surface area (Å²) >= 11 is 0. The molecule has 0 aliphatic rings. The van der Waals surface area contributed by atoms with E-state index in [1.54, 1.807) is 7.11 Å². The van der Waals surface area contributed by atoms with Crippen molar-refractivity contribution in [3.05, 3.63) is 63.1 Å². The lowest BCUT2D eigenvalue weighted by atomic mass is 10.1. The molecule has 0 spiro atoms. The number of hydrogen-bond acceptors (Lipinski definition) is 5. The summed E-state index contributed by atoms with van der Waals surface area (Å²) in [5.74, 6) is -0.289. The van der Waals surface area contributed by atoms with E-state index in [9.17, 15) is 14.4 Å². The number of carbonyl (C=O) groups excluding carboxylic acids is 1.